The van der Waals surface area contributed by atoms with Crippen molar-refractivity contribution in [1.29, 1.82) is 0 Å². The largest absolute Gasteiger partial charge is 0.486 e. The van der Waals surface area contributed by atoms with E-state index in [0.717, 1.165) is 7.14 Å². The van der Waals surface area contributed by atoms with Crippen LogP contribution in [0, 0.1) is 19.0 Å². The Balaban J connectivity index is 1.69. The van der Waals surface area contributed by atoms with Gasteiger partial charge in [-0.15, -0.1) is 11.8 Å². The average molecular weight is 560 g/mol. The van der Waals surface area contributed by atoms with Crippen molar-refractivity contribution in [1.82, 2.24) is 0 Å². The fraction of sp³-hybridized carbons (Fsp3) is 0.600. The molecule has 3 fully saturated rings. The van der Waals surface area contributed by atoms with E-state index in [-0.39, 0.29) is 16.6 Å². The Morgan fingerprint density at radius 3 is 2.64 bits per heavy atom. The van der Waals surface area contributed by atoms with Crippen LogP contribution in [0.15, 0.2) is 17.0 Å². The van der Waals surface area contributed by atoms with E-state index in [4.69, 9.17) is 4.74 Å². The Hall–Kier alpha value is 0.780. The summed E-state index contributed by atoms with van der Waals surface area (Å²) in [4.78, 5) is 0.442. The maximum absolute atomic E-state index is 13.3. The lowest BCUT2D eigenvalue weighted by Gasteiger charge is -2.40. The highest BCUT2D eigenvalue weighted by Gasteiger charge is 2.66. The number of rotatable bonds is 0. The van der Waals surface area contributed by atoms with E-state index >= 15 is 0 Å². The Morgan fingerprint density at radius 1 is 1.14 bits per heavy atom. The van der Waals surface area contributed by atoms with Crippen molar-refractivity contribution in [2.45, 2.75) is 46.0 Å². The fourth-order valence-corrected chi connectivity index (χ4v) is 12.6. The molecule has 0 amide bonds. The molecule has 4 aliphatic rings. The van der Waals surface area contributed by atoms with E-state index < -0.39 is 9.84 Å². The predicted molar refractivity (Wildman–Crippen MR) is 103 cm³/mol. The first-order valence-electron chi connectivity index (χ1n) is 7.53. The quantitative estimate of drug-likeness (QED) is 0.455. The number of hydrogen-bond acceptors (Lipinski definition) is 4. The monoisotopic (exact) mass is 560 g/mol. The molecule has 1 saturated carbocycles. The van der Waals surface area contributed by atoms with E-state index in [0.29, 0.717) is 27.7 Å². The van der Waals surface area contributed by atoms with Crippen LogP contribution in [0.1, 0.15) is 19.3 Å². The van der Waals surface area contributed by atoms with Gasteiger partial charge >= 0.3 is 0 Å². The van der Waals surface area contributed by atoms with Gasteiger partial charge in [-0.1, -0.05) is 6.42 Å². The Morgan fingerprint density at radius 2 is 1.86 bits per heavy atom. The van der Waals surface area contributed by atoms with Crippen LogP contribution in [0.25, 0.3) is 0 Å². The van der Waals surface area contributed by atoms with Gasteiger partial charge in [0, 0.05) is 17.6 Å². The summed E-state index contributed by atoms with van der Waals surface area (Å²) >= 11 is 6.27. The van der Waals surface area contributed by atoms with Crippen LogP contribution in [0.5, 0.6) is 5.75 Å². The summed E-state index contributed by atoms with van der Waals surface area (Å²) in [5, 5.41) is 0.291. The van der Waals surface area contributed by atoms with Gasteiger partial charge < -0.3 is 4.74 Å². The van der Waals surface area contributed by atoms with Crippen LogP contribution < -0.4 is 4.74 Å². The van der Waals surface area contributed by atoms with Crippen LogP contribution in [-0.4, -0.2) is 30.3 Å². The first-order chi connectivity index (χ1) is 10.5. The van der Waals surface area contributed by atoms with Crippen molar-refractivity contribution in [2.75, 3.05) is 0 Å². The number of thioether (sulfide) groups is 1. The van der Waals surface area contributed by atoms with E-state index in [1.165, 1.54) is 19.3 Å². The normalized spacial score (nSPS) is 43.4. The lowest BCUT2D eigenvalue weighted by atomic mass is 9.80. The predicted octanol–water partition coefficient (Wildman–Crippen LogP) is 3.71. The molecular formula is C15H14I2O3S2. The lowest BCUT2D eigenvalue weighted by Crippen LogP contribution is -2.54. The number of sulfone groups is 1. The van der Waals surface area contributed by atoms with Crippen molar-refractivity contribution in [3.05, 3.63) is 19.3 Å². The van der Waals surface area contributed by atoms with Crippen LogP contribution in [0.3, 0.4) is 0 Å². The Labute approximate surface area is 161 Å². The van der Waals surface area contributed by atoms with Gasteiger partial charge in [-0.05, 0) is 82.0 Å². The molecule has 5 rings (SSSR count). The third-order valence-electron chi connectivity index (χ3n) is 5.63. The standard InChI is InChI=1S/C15H14I2O3S2/c16-6-4-9(17)14-10(5-6)20-11-12-7-2-1-3-8(7)13(21-12)15(11)22(14,18)19/h4-5,7-8,11-13,15H,1-3H2. The molecule has 2 saturated heterocycles. The third-order valence-corrected chi connectivity index (χ3v) is 11.8. The average Bonchev–Trinajstić information content (AvgIpc) is 3.06. The molecule has 0 aromatic heterocycles. The smallest absolute Gasteiger partial charge is 0.190 e. The van der Waals surface area contributed by atoms with Crippen molar-refractivity contribution in [3.63, 3.8) is 0 Å². The SMILES string of the molecule is O=S1(=O)c2c(I)cc(I)cc2OC2C3SC(C4CCCC43)C21. The molecule has 0 spiro atoms. The number of ether oxygens (including phenoxy) is 1. The van der Waals surface area contributed by atoms with Gasteiger partial charge in [0.1, 0.15) is 22.0 Å². The summed E-state index contributed by atoms with van der Waals surface area (Å²) < 4.78 is 34.7. The fourth-order valence-electron chi connectivity index (χ4n) is 4.90. The van der Waals surface area contributed by atoms with Crippen molar-refractivity contribution in [2.24, 2.45) is 11.8 Å². The minimum atomic E-state index is -3.29. The molecule has 2 bridgehead atoms. The highest BCUT2D eigenvalue weighted by molar-refractivity contribution is 14.1. The van der Waals surface area contributed by atoms with Gasteiger partial charge in [0.05, 0.1) is 0 Å². The summed E-state index contributed by atoms with van der Waals surface area (Å²) in [5.41, 5.74) is 0. The highest BCUT2D eigenvalue weighted by atomic mass is 127. The molecule has 1 aliphatic carbocycles. The van der Waals surface area contributed by atoms with Crippen molar-refractivity contribution in [3.8, 4) is 5.75 Å². The molecule has 7 heteroatoms. The Bertz CT molecular complexity index is 779. The summed E-state index contributed by atoms with van der Waals surface area (Å²) in [5.74, 6) is 1.85. The molecule has 22 heavy (non-hydrogen) atoms. The van der Waals surface area contributed by atoms with Crippen LogP contribution in [-0.2, 0) is 9.84 Å². The molecule has 1 aromatic carbocycles. The van der Waals surface area contributed by atoms with E-state index in [1.54, 1.807) is 0 Å². The lowest BCUT2D eigenvalue weighted by molar-refractivity contribution is 0.124. The van der Waals surface area contributed by atoms with Gasteiger partial charge in [0.15, 0.2) is 9.84 Å². The van der Waals surface area contributed by atoms with Crippen molar-refractivity contribution >= 4 is 66.8 Å². The minimum absolute atomic E-state index is 0.138. The summed E-state index contributed by atoms with van der Waals surface area (Å²) in [6.07, 6.45) is 3.57. The molecule has 3 heterocycles. The molecular weight excluding hydrogens is 546 g/mol. The topological polar surface area (TPSA) is 43.4 Å². The highest BCUT2D eigenvalue weighted by Crippen LogP contribution is 2.63. The minimum Gasteiger partial charge on any atom is -0.486 e. The second-order valence-electron chi connectivity index (χ2n) is 6.63. The number of fused-ring (bicyclic) bond motifs is 9. The van der Waals surface area contributed by atoms with Crippen LogP contribution in [0.2, 0.25) is 0 Å². The molecule has 6 atom stereocenters. The van der Waals surface area contributed by atoms with E-state index in [1.807, 2.05) is 23.9 Å². The molecule has 3 nitrogen and oxygen atoms in total. The third kappa shape index (κ3) is 1.82. The Kier molecular flexibility index (Phi) is 3.36. The molecule has 0 N–H and O–H groups in total. The van der Waals surface area contributed by atoms with Gasteiger partial charge in [-0.25, -0.2) is 8.42 Å². The summed E-state index contributed by atoms with van der Waals surface area (Å²) in [6, 6.07) is 3.81. The van der Waals surface area contributed by atoms with Crippen molar-refractivity contribution < 1.29 is 13.2 Å². The second kappa shape index (κ2) is 4.91. The molecule has 6 unspecified atom stereocenters. The van der Waals surface area contributed by atoms with Gasteiger partial charge in [0.25, 0.3) is 0 Å². The first-order valence-corrected chi connectivity index (χ1v) is 12.2. The van der Waals surface area contributed by atoms with Gasteiger partial charge in [-0.2, -0.15) is 0 Å². The molecule has 3 aliphatic heterocycles. The maximum Gasteiger partial charge on any atom is 0.190 e. The van der Waals surface area contributed by atoms with Crippen LogP contribution in [0.4, 0.5) is 0 Å². The van der Waals surface area contributed by atoms with E-state index in [2.05, 4.69) is 45.2 Å². The molecule has 118 valence electrons. The number of benzene rings is 1. The number of halogens is 2. The summed E-state index contributed by atoms with van der Waals surface area (Å²) in [6.45, 7) is 0. The zero-order chi connectivity index (χ0) is 15.2. The van der Waals surface area contributed by atoms with Gasteiger partial charge in [-0.3, -0.25) is 0 Å². The van der Waals surface area contributed by atoms with Crippen LogP contribution >= 0.6 is 56.9 Å². The number of hydrogen-bond donors (Lipinski definition) is 0. The zero-order valence-electron chi connectivity index (χ0n) is 11.5. The second-order valence-corrected chi connectivity index (χ2v) is 12.4. The maximum atomic E-state index is 13.3. The first kappa shape index (κ1) is 15.1. The van der Waals surface area contributed by atoms with Gasteiger partial charge in [0.2, 0.25) is 0 Å². The molecule has 1 aromatic rings. The summed E-state index contributed by atoms with van der Waals surface area (Å²) in [7, 11) is -3.29. The zero-order valence-corrected chi connectivity index (χ0v) is 17.5. The van der Waals surface area contributed by atoms with E-state index in [9.17, 15) is 8.42 Å². The molecule has 0 radical (unpaired) electrons.